The van der Waals surface area contributed by atoms with Gasteiger partial charge in [-0.25, -0.2) is 5.43 Å². The Kier molecular flexibility index (Phi) is 9.71. The minimum absolute atomic E-state index is 0.0644. The molecule has 1 saturated heterocycles. The largest absolute Gasteiger partial charge is 0.493 e. The van der Waals surface area contributed by atoms with Gasteiger partial charge in [0.2, 0.25) is 0 Å². The number of carbonyl (C=O) groups excluding carboxylic acids is 3. The Hall–Kier alpha value is -3.34. The third-order valence-electron chi connectivity index (χ3n) is 4.85. The number of hydrazone groups is 1. The average Bonchev–Trinajstić information content (AvgIpc) is 3.37. The number of carbonyl (C=O) groups is 3. The van der Waals surface area contributed by atoms with E-state index in [1.807, 2.05) is 0 Å². The first-order chi connectivity index (χ1) is 16.9. The first-order valence-corrected chi connectivity index (χ1v) is 11.4. The minimum atomic E-state index is -0.890. The number of ether oxygens (including phenoxy) is 3. The normalized spacial score (nSPS) is 15.0. The molecule has 1 aliphatic rings. The second-order valence-corrected chi connectivity index (χ2v) is 8.23. The lowest BCUT2D eigenvalue weighted by atomic mass is 10.2. The molecule has 0 radical (unpaired) electrons. The molecule has 2 aromatic rings. The van der Waals surface area contributed by atoms with Gasteiger partial charge in [0.1, 0.15) is 0 Å². The van der Waals surface area contributed by atoms with Crippen molar-refractivity contribution in [2.24, 2.45) is 5.10 Å². The summed E-state index contributed by atoms with van der Waals surface area (Å²) in [6.45, 7) is 0.664. The molecular formula is C23H24Cl2N4O6. The maximum absolute atomic E-state index is 12.2. The molecule has 0 spiro atoms. The lowest BCUT2D eigenvalue weighted by Crippen LogP contribution is -2.41. The van der Waals surface area contributed by atoms with E-state index in [-0.39, 0.29) is 19.3 Å². The fourth-order valence-corrected chi connectivity index (χ4v) is 3.40. The summed E-state index contributed by atoms with van der Waals surface area (Å²) in [5.41, 5.74) is 3.21. The number of nitrogens with zero attached hydrogens (tertiary/aromatic N) is 1. The first kappa shape index (κ1) is 26.3. The van der Waals surface area contributed by atoms with Crippen LogP contribution in [0.5, 0.6) is 11.5 Å². The minimum Gasteiger partial charge on any atom is -0.493 e. The molecule has 1 atom stereocenters. The standard InChI is InChI=1S/C23H24Cl2N4O6/c1-33-20-9-14(11-27-29-23(32)22(31)26-12-16-3-2-8-34-16)4-7-19(20)35-13-21(30)28-15-5-6-17(24)18(25)10-15/h4-7,9-11,16H,2-3,8,12-13H2,1H3,(H,26,31)(H,28,30)(H,29,32)/b27-11-/t16-/m1/s1. The Labute approximate surface area is 211 Å². The molecule has 35 heavy (non-hydrogen) atoms. The molecule has 0 aliphatic carbocycles. The van der Waals surface area contributed by atoms with Crippen LogP contribution in [0.2, 0.25) is 10.0 Å². The third kappa shape index (κ3) is 8.13. The zero-order chi connectivity index (χ0) is 25.2. The topological polar surface area (TPSA) is 127 Å². The second kappa shape index (κ2) is 12.9. The van der Waals surface area contributed by atoms with Gasteiger partial charge in [-0.1, -0.05) is 23.2 Å². The van der Waals surface area contributed by atoms with Crippen LogP contribution in [0.3, 0.4) is 0 Å². The average molecular weight is 523 g/mol. The van der Waals surface area contributed by atoms with E-state index in [4.69, 9.17) is 37.4 Å². The number of hydrogen-bond donors (Lipinski definition) is 3. The number of rotatable bonds is 9. The van der Waals surface area contributed by atoms with Crippen LogP contribution < -0.4 is 25.5 Å². The smallest absolute Gasteiger partial charge is 0.329 e. The fourth-order valence-electron chi connectivity index (χ4n) is 3.11. The van der Waals surface area contributed by atoms with Crippen molar-refractivity contribution in [2.45, 2.75) is 18.9 Å². The molecule has 0 unspecified atom stereocenters. The molecule has 0 bridgehead atoms. The second-order valence-electron chi connectivity index (χ2n) is 7.42. The molecule has 1 fully saturated rings. The van der Waals surface area contributed by atoms with Gasteiger partial charge in [0.15, 0.2) is 18.1 Å². The lowest BCUT2D eigenvalue weighted by Gasteiger charge is -2.12. The van der Waals surface area contributed by atoms with Crippen molar-refractivity contribution in [2.75, 3.05) is 32.2 Å². The van der Waals surface area contributed by atoms with Crippen molar-refractivity contribution in [1.29, 1.82) is 0 Å². The maximum Gasteiger partial charge on any atom is 0.329 e. The van der Waals surface area contributed by atoms with Crippen LogP contribution >= 0.6 is 23.2 Å². The number of halogens is 2. The highest BCUT2D eigenvalue weighted by molar-refractivity contribution is 6.42. The number of methoxy groups -OCH3 is 1. The third-order valence-corrected chi connectivity index (χ3v) is 5.59. The number of benzene rings is 2. The summed E-state index contributed by atoms with van der Waals surface area (Å²) in [6, 6.07) is 9.55. The first-order valence-electron chi connectivity index (χ1n) is 10.6. The summed E-state index contributed by atoms with van der Waals surface area (Å²) in [7, 11) is 1.44. The number of nitrogens with one attached hydrogen (secondary N) is 3. The number of anilines is 1. The van der Waals surface area contributed by atoms with Gasteiger partial charge < -0.3 is 24.8 Å². The molecule has 3 rings (SSSR count). The molecule has 12 heteroatoms. The highest BCUT2D eigenvalue weighted by atomic mass is 35.5. The van der Waals surface area contributed by atoms with E-state index >= 15 is 0 Å². The van der Waals surface area contributed by atoms with Crippen LogP contribution in [0.15, 0.2) is 41.5 Å². The van der Waals surface area contributed by atoms with Crippen LogP contribution in [0, 0.1) is 0 Å². The quantitative estimate of drug-likeness (QED) is 0.264. The zero-order valence-electron chi connectivity index (χ0n) is 18.8. The zero-order valence-corrected chi connectivity index (χ0v) is 20.3. The van der Waals surface area contributed by atoms with E-state index in [2.05, 4.69) is 21.2 Å². The Bertz CT molecular complexity index is 1110. The fraction of sp³-hybridized carbons (Fsp3) is 0.304. The predicted molar refractivity (Wildman–Crippen MR) is 131 cm³/mol. The molecule has 2 aromatic carbocycles. The number of amides is 3. The number of hydrogen-bond acceptors (Lipinski definition) is 7. The summed E-state index contributed by atoms with van der Waals surface area (Å²) in [5, 5.41) is 9.65. The van der Waals surface area contributed by atoms with E-state index < -0.39 is 17.7 Å². The van der Waals surface area contributed by atoms with Gasteiger partial charge in [0, 0.05) is 18.8 Å². The van der Waals surface area contributed by atoms with Crippen LogP contribution in [0.1, 0.15) is 18.4 Å². The summed E-state index contributed by atoms with van der Waals surface area (Å²) in [4.78, 5) is 35.9. The van der Waals surface area contributed by atoms with Crippen molar-refractivity contribution in [3.63, 3.8) is 0 Å². The molecule has 186 valence electrons. The van der Waals surface area contributed by atoms with E-state index in [1.54, 1.807) is 30.3 Å². The van der Waals surface area contributed by atoms with Gasteiger partial charge in [-0.05, 0) is 54.8 Å². The van der Waals surface area contributed by atoms with Gasteiger partial charge in [-0.15, -0.1) is 0 Å². The van der Waals surface area contributed by atoms with Crippen molar-refractivity contribution < 1.29 is 28.6 Å². The Balaban J connectivity index is 1.48. The summed E-state index contributed by atoms with van der Waals surface area (Å²) < 4.78 is 16.2. The Morgan fingerprint density at radius 1 is 1.11 bits per heavy atom. The van der Waals surface area contributed by atoms with Crippen molar-refractivity contribution in [3.05, 3.63) is 52.0 Å². The summed E-state index contributed by atoms with van der Waals surface area (Å²) in [6.07, 6.45) is 3.07. The van der Waals surface area contributed by atoms with Crippen LogP contribution in [0.25, 0.3) is 0 Å². The van der Waals surface area contributed by atoms with Gasteiger partial charge in [-0.3, -0.25) is 14.4 Å². The molecule has 10 nitrogen and oxygen atoms in total. The Morgan fingerprint density at radius 2 is 1.94 bits per heavy atom. The summed E-state index contributed by atoms with van der Waals surface area (Å²) >= 11 is 11.8. The molecule has 3 N–H and O–H groups in total. The highest BCUT2D eigenvalue weighted by Gasteiger charge is 2.19. The van der Waals surface area contributed by atoms with Crippen molar-refractivity contribution in [3.8, 4) is 11.5 Å². The van der Waals surface area contributed by atoms with Crippen molar-refractivity contribution in [1.82, 2.24) is 10.7 Å². The molecule has 0 aromatic heterocycles. The van der Waals surface area contributed by atoms with Gasteiger partial charge in [0.25, 0.3) is 5.91 Å². The molecule has 0 saturated carbocycles. The van der Waals surface area contributed by atoms with Gasteiger partial charge in [-0.2, -0.15) is 5.10 Å². The van der Waals surface area contributed by atoms with E-state index in [0.717, 1.165) is 12.8 Å². The molecule has 1 heterocycles. The molecule has 1 aliphatic heterocycles. The molecular weight excluding hydrogens is 499 g/mol. The highest BCUT2D eigenvalue weighted by Crippen LogP contribution is 2.28. The maximum atomic E-state index is 12.2. The van der Waals surface area contributed by atoms with Crippen LogP contribution in [0.4, 0.5) is 5.69 Å². The van der Waals surface area contributed by atoms with Gasteiger partial charge in [0.05, 0.1) is 29.5 Å². The Morgan fingerprint density at radius 3 is 2.66 bits per heavy atom. The lowest BCUT2D eigenvalue weighted by molar-refractivity contribution is -0.139. The summed E-state index contributed by atoms with van der Waals surface area (Å²) in [5.74, 6) is -1.42. The van der Waals surface area contributed by atoms with E-state index in [9.17, 15) is 14.4 Å². The molecule has 3 amide bonds. The SMILES string of the molecule is COc1cc(/C=N\NC(=O)C(=O)NC[C@H]2CCCO2)ccc1OCC(=O)Nc1ccc(Cl)c(Cl)c1. The van der Waals surface area contributed by atoms with Crippen LogP contribution in [-0.2, 0) is 19.1 Å². The van der Waals surface area contributed by atoms with Crippen LogP contribution in [-0.4, -0.2) is 56.9 Å². The van der Waals surface area contributed by atoms with Crippen molar-refractivity contribution >= 4 is 52.8 Å². The van der Waals surface area contributed by atoms with E-state index in [0.29, 0.717) is 39.4 Å². The van der Waals surface area contributed by atoms with E-state index in [1.165, 1.54) is 19.4 Å². The monoisotopic (exact) mass is 522 g/mol. The predicted octanol–water partition coefficient (Wildman–Crippen LogP) is 2.76. The van der Waals surface area contributed by atoms with Gasteiger partial charge >= 0.3 is 11.8 Å².